The quantitative estimate of drug-likeness (QED) is 0.572. The number of nitrogens with one attached hydrogen (secondary N) is 1. The van der Waals surface area contributed by atoms with Crippen LogP contribution in [0, 0.1) is 6.92 Å². The number of hydrogen-bond acceptors (Lipinski definition) is 4. The third-order valence-corrected chi connectivity index (χ3v) is 4.16. The number of hydrogen-bond donors (Lipinski definition) is 2. The number of nitrogens with two attached hydrogens (primary N) is 1. The van der Waals surface area contributed by atoms with E-state index in [0.29, 0.717) is 0 Å². The van der Waals surface area contributed by atoms with Crippen molar-refractivity contribution in [2.45, 2.75) is 13.0 Å². The SMILES string of the molecule is Cc1sccc1C(NN)c1ccn(-c2ccccc2)n1. The van der Waals surface area contributed by atoms with Gasteiger partial charge in [0, 0.05) is 11.1 Å². The zero-order valence-corrected chi connectivity index (χ0v) is 12.0. The Kier molecular flexibility index (Phi) is 3.64. The summed E-state index contributed by atoms with van der Waals surface area (Å²) in [6, 6.07) is 14.0. The van der Waals surface area contributed by atoms with Crippen LogP contribution in [0.3, 0.4) is 0 Å². The molecule has 0 bridgehead atoms. The van der Waals surface area contributed by atoms with Gasteiger partial charge in [0.15, 0.2) is 0 Å². The largest absolute Gasteiger partial charge is 0.271 e. The van der Waals surface area contributed by atoms with Gasteiger partial charge < -0.3 is 0 Å². The summed E-state index contributed by atoms with van der Waals surface area (Å²) in [6.45, 7) is 2.10. The van der Waals surface area contributed by atoms with Gasteiger partial charge >= 0.3 is 0 Å². The first-order valence-corrected chi connectivity index (χ1v) is 7.28. The average molecular weight is 284 g/mol. The van der Waals surface area contributed by atoms with Gasteiger partial charge in [0.2, 0.25) is 0 Å². The molecule has 0 spiro atoms. The first kappa shape index (κ1) is 13.1. The van der Waals surface area contributed by atoms with Crippen LogP contribution in [0.4, 0.5) is 0 Å². The molecular weight excluding hydrogens is 268 g/mol. The monoisotopic (exact) mass is 284 g/mol. The van der Waals surface area contributed by atoms with Gasteiger partial charge in [0.25, 0.3) is 0 Å². The van der Waals surface area contributed by atoms with E-state index in [0.717, 1.165) is 11.4 Å². The molecule has 3 rings (SSSR count). The third-order valence-electron chi connectivity index (χ3n) is 3.30. The minimum Gasteiger partial charge on any atom is -0.271 e. The van der Waals surface area contributed by atoms with Gasteiger partial charge in [-0.15, -0.1) is 11.3 Å². The van der Waals surface area contributed by atoms with E-state index < -0.39 is 0 Å². The van der Waals surface area contributed by atoms with Crippen molar-refractivity contribution < 1.29 is 0 Å². The average Bonchev–Trinajstić information content (AvgIpc) is 3.12. The van der Waals surface area contributed by atoms with Crippen LogP contribution in [-0.4, -0.2) is 9.78 Å². The molecule has 1 aromatic carbocycles. The highest BCUT2D eigenvalue weighted by atomic mass is 32.1. The lowest BCUT2D eigenvalue weighted by Crippen LogP contribution is -2.29. The number of aromatic nitrogens is 2. The van der Waals surface area contributed by atoms with E-state index in [1.54, 1.807) is 11.3 Å². The molecule has 0 amide bonds. The number of hydrazine groups is 1. The molecule has 2 heterocycles. The fourth-order valence-electron chi connectivity index (χ4n) is 2.25. The maximum absolute atomic E-state index is 5.72. The van der Waals surface area contributed by atoms with Crippen molar-refractivity contribution >= 4 is 11.3 Å². The molecule has 0 fully saturated rings. The van der Waals surface area contributed by atoms with E-state index in [4.69, 9.17) is 5.84 Å². The normalized spacial score (nSPS) is 12.5. The van der Waals surface area contributed by atoms with Crippen LogP contribution in [0.2, 0.25) is 0 Å². The Morgan fingerprint density at radius 3 is 2.65 bits per heavy atom. The number of thiophene rings is 1. The van der Waals surface area contributed by atoms with Crippen molar-refractivity contribution in [2.75, 3.05) is 0 Å². The predicted octanol–water partition coefficient (Wildman–Crippen LogP) is 2.79. The highest BCUT2D eigenvalue weighted by Gasteiger charge is 2.18. The summed E-state index contributed by atoms with van der Waals surface area (Å²) < 4.78 is 1.86. The lowest BCUT2D eigenvalue weighted by Gasteiger charge is -2.13. The van der Waals surface area contributed by atoms with Gasteiger partial charge in [0.1, 0.15) is 0 Å². The van der Waals surface area contributed by atoms with Crippen LogP contribution < -0.4 is 11.3 Å². The summed E-state index contributed by atoms with van der Waals surface area (Å²) in [4.78, 5) is 1.25. The Hall–Kier alpha value is -1.95. The predicted molar refractivity (Wildman–Crippen MR) is 81.8 cm³/mol. The van der Waals surface area contributed by atoms with E-state index in [1.807, 2.05) is 47.3 Å². The Bertz CT molecular complexity index is 687. The van der Waals surface area contributed by atoms with Crippen molar-refractivity contribution in [3.8, 4) is 5.69 Å². The highest BCUT2D eigenvalue weighted by Crippen LogP contribution is 2.26. The number of para-hydroxylation sites is 1. The molecule has 0 aliphatic rings. The Morgan fingerprint density at radius 1 is 1.20 bits per heavy atom. The molecular formula is C15H16N4S. The third kappa shape index (κ3) is 2.38. The Labute approximate surface area is 121 Å². The first-order chi connectivity index (χ1) is 9.79. The van der Waals surface area contributed by atoms with Crippen LogP contribution in [-0.2, 0) is 0 Å². The molecule has 0 radical (unpaired) electrons. The Balaban J connectivity index is 1.95. The maximum Gasteiger partial charge on any atom is 0.0910 e. The van der Waals surface area contributed by atoms with Gasteiger partial charge in [-0.3, -0.25) is 5.84 Å². The summed E-state index contributed by atoms with van der Waals surface area (Å²) in [6.07, 6.45) is 1.96. The van der Waals surface area contributed by atoms with Crippen LogP contribution in [0.25, 0.3) is 5.69 Å². The summed E-state index contributed by atoms with van der Waals surface area (Å²) in [5, 5.41) is 6.70. The van der Waals surface area contributed by atoms with Crippen molar-refractivity contribution in [1.82, 2.24) is 15.2 Å². The minimum atomic E-state index is -0.0776. The van der Waals surface area contributed by atoms with E-state index in [-0.39, 0.29) is 6.04 Å². The fraction of sp³-hybridized carbons (Fsp3) is 0.133. The van der Waals surface area contributed by atoms with E-state index in [9.17, 15) is 0 Å². The molecule has 0 aliphatic carbocycles. The second-order valence-electron chi connectivity index (χ2n) is 4.55. The maximum atomic E-state index is 5.72. The van der Waals surface area contributed by atoms with E-state index >= 15 is 0 Å². The number of aryl methyl sites for hydroxylation is 1. The fourth-order valence-corrected chi connectivity index (χ4v) is 2.99. The molecule has 0 saturated carbocycles. The van der Waals surface area contributed by atoms with Crippen molar-refractivity contribution in [3.05, 3.63) is 70.2 Å². The summed E-state index contributed by atoms with van der Waals surface area (Å²) in [5.41, 5.74) is 5.99. The zero-order valence-electron chi connectivity index (χ0n) is 11.2. The lowest BCUT2D eigenvalue weighted by molar-refractivity contribution is 0.611. The molecule has 3 aromatic rings. The minimum absolute atomic E-state index is 0.0776. The van der Waals surface area contributed by atoms with Gasteiger partial charge in [-0.1, -0.05) is 18.2 Å². The molecule has 0 aliphatic heterocycles. The van der Waals surface area contributed by atoms with Gasteiger partial charge in [-0.2, -0.15) is 5.10 Å². The smallest absolute Gasteiger partial charge is 0.0910 e. The molecule has 20 heavy (non-hydrogen) atoms. The first-order valence-electron chi connectivity index (χ1n) is 6.40. The molecule has 0 saturated heterocycles. The van der Waals surface area contributed by atoms with E-state index in [2.05, 4.69) is 28.9 Å². The molecule has 1 atom stereocenters. The van der Waals surface area contributed by atoms with Crippen LogP contribution in [0.1, 0.15) is 22.2 Å². The number of nitrogens with zero attached hydrogens (tertiary/aromatic N) is 2. The summed E-state index contributed by atoms with van der Waals surface area (Å²) >= 11 is 1.72. The molecule has 5 heteroatoms. The highest BCUT2D eigenvalue weighted by molar-refractivity contribution is 7.10. The Morgan fingerprint density at radius 2 is 2.00 bits per heavy atom. The second-order valence-corrected chi connectivity index (χ2v) is 5.67. The second kappa shape index (κ2) is 5.58. The molecule has 4 nitrogen and oxygen atoms in total. The molecule has 2 aromatic heterocycles. The molecule has 102 valence electrons. The van der Waals surface area contributed by atoms with Crippen molar-refractivity contribution in [2.24, 2.45) is 5.84 Å². The van der Waals surface area contributed by atoms with Crippen molar-refractivity contribution in [1.29, 1.82) is 0 Å². The zero-order chi connectivity index (χ0) is 13.9. The van der Waals surface area contributed by atoms with E-state index in [1.165, 1.54) is 10.4 Å². The lowest BCUT2D eigenvalue weighted by atomic mass is 10.1. The van der Waals surface area contributed by atoms with Crippen LogP contribution in [0.5, 0.6) is 0 Å². The molecule has 3 N–H and O–H groups in total. The van der Waals surface area contributed by atoms with Crippen LogP contribution in [0.15, 0.2) is 54.0 Å². The summed E-state index contributed by atoms with van der Waals surface area (Å²) in [5.74, 6) is 5.72. The van der Waals surface area contributed by atoms with Crippen molar-refractivity contribution in [3.63, 3.8) is 0 Å². The summed E-state index contributed by atoms with van der Waals surface area (Å²) in [7, 11) is 0. The van der Waals surface area contributed by atoms with Crippen LogP contribution >= 0.6 is 11.3 Å². The topological polar surface area (TPSA) is 55.9 Å². The van der Waals surface area contributed by atoms with Gasteiger partial charge in [-0.25, -0.2) is 10.1 Å². The van der Waals surface area contributed by atoms with Gasteiger partial charge in [0.05, 0.1) is 17.4 Å². The standard InChI is InChI=1S/C15H16N4S/c1-11-13(8-10-20-11)15(17-16)14-7-9-19(18-14)12-5-3-2-4-6-12/h2-10,15,17H,16H2,1H3. The van der Waals surface area contributed by atoms with Gasteiger partial charge in [-0.05, 0) is 42.1 Å². The number of rotatable bonds is 4. The number of benzene rings is 1. The molecule has 1 unspecified atom stereocenters.